The van der Waals surface area contributed by atoms with Crippen molar-refractivity contribution in [2.24, 2.45) is 5.11 Å². The molecule has 24 heavy (non-hydrogen) atoms. The Labute approximate surface area is 144 Å². The zero-order valence-electron chi connectivity index (χ0n) is 13.5. The number of nitrogens with zero attached hydrogens (tertiary/aromatic N) is 3. The molecule has 1 heterocycles. The van der Waals surface area contributed by atoms with Gasteiger partial charge in [0.1, 0.15) is 29.4 Å². The Hall–Kier alpha value is -1.48. The SMILES string of the molecule is COc1ccc(CO[C@H]2[C@H](O)[C@@H](CO)O[C@@H](SC)[C@@H]2N=[N+]=[N-])cc1. The van der Waals surface area contributed by atoms with Crippen LogP contribution in [0, 0.1) is 0 Å². The van der Waals surface area contributed by atoms with E-state index < -0.39 is 29.8 Å². The molecule has 0 aromatic heterocycles. The van der Waals surface area contributed by atoms with Crippen LogP contribution in [0.4, 0.5) is 0 Å². The van der Waals surface area contributed by atoms with Crippen LogP contribution in [0.5, 0.6) is 5.75 Å². The van der Waals surface area contributed by atoms with Crippen LogP contribution < -0.4 is 4.74 Å². The monoisotopic (exact) mass is 355 g/mol. The first-order chi connectivity index (χ1) is 11.6. The van der Waals surface area contributed by atoms with E-state index in [1.54, 1.807) is 13.4 Å². The number of ether oxygens (including phenoxy) is 3. The largest absolute Gasteiger partial charge is 0.497 e. The number of aliphatic hydroxyl groups is 2. The normalized spacial score (nSPS) is 29.8. The molecule has 2 rings (SSSR count). The van der Waals surface area contributed by atoms with Crippen molar-refractivity contribution >= 4 is 11.8 Å². The third kappa shape index (κ3) is 4.32. The van der Waals surface area contributed by atoms with E-state index in [9.17, 15) is 10.2 Å². The summed E-state index contributed by atoms with van der Waals surface area (Å²) in [4.78, 5) is 2.83. The van der Waals surface area contributed by atoms with Crippen LogP contribution in [0.3, 0.4) is 0 Å². The van der Waals surface area contributed by atoms with E-state index in [1.807, 2.05) is 24.3 Å². The number of hydrogen-bond acceptors (Lipinski definition) is 7. The Bertz CT molecular complexity index is 567. The Morgan fingerprint density at radius 3 is 2.62 bits per heavy atom. The molecule has 1 saturated heterocycles. The van der Waals surface area contributed by atoms with Crippen LogP contribution in [-0.4, -0.2) is 60.0 Å². The van der Waals surface area contributed by atoms with Gasteiger partial charge < -0.3 is 24.4 Å². The van der Waals surface area contributed by atoms with Gasteiger partial charge in [-0.25, -0.2) is 0 Å². The fourth-order valence-corrected chi connectivity index (χ4v) is 3.28. The summed E-state index contributed by atoms with van der Waals surface area (Å²) in [5.41, 5.74) is 9.18. The van der Waals surface area contributed by atoms with Crippen molar-refractivity contribution in [2.45, 2.75) is 36.4 Å². The maximum atomic E-state index is 10.4. The van der Waals surface area contributed by atoms with E-state index in [4.69, 9.17) is 19.7 Å². The Kier molecular flexibility index (Phi) is 7.16. The van der Waals surface area contributed by atoms with Gasteiger partial charge in [0.2, 0.25) is 0 Å². The van der Waals surface area contributed by atoms with Crippen molar-refractivity contribution in [3.8, 4) is 5.75 Å². The molecule has 132 valence electrons. The average Bonchev–Trinajstić information content (AvgIpc) is 2.62. The standard InChI is InChI=1S/C15H21N3O5S/c1-21-10-5-3-9(4-6-10)8-22-14-12(17-18-16)15(24-2)23-11(7-19)13(14)20/h3-6,11-15,19-20H,7-8H2,1-2H3/t11-,12-,13-,14-,15+/m1/s1. The molecule has 1 aromatic rings. The molecule has 1 aliphatic heterocycles. The van der Waals surface area contributed by atoms with Crippen molar-refractivity contribution in [3.05, 3.63) is 40.3 Å². The molecule has 1 fully saturated rings. The Morgan fingerprint density at radius 1 is 1.38 bits per heavy atom. The van der Waals surface area contributed by atoms with Crippen molar-refractivity contribution in [1.82, 2.24) is 0 Å². The zero-order valence-corrected chi connectivity index (χ0v) is 14.3. The van der Waals surface area contributed by atoms with Gasteiger partial charge in [0.15, 0.2) is 0 Å². The highest BCUT2D eigenvalue weighted by Crippen LogP contribution is 2.31. The molecule has 0 aliphatic carbocycles. The number of hydrogen-bond donors (Lipinski definition) is 2. The topological polar surface area (TPSA) is 117 Å². The molecular formula is C15H21N3O5S. The summed E-state index contributed by atoms with van der Waals surface area (Å²) < 4.78 is 16.5. The minimum absolute atomic E-state index is 0.225. The van der Waals surface area contributed by atoms with Crippen molar-refractivity contribution in [3.63, 3.8) is 0 Å². The second-order valence-corrected chi connectivity index (χ2v) is 6.21. The molecule has 0 bridgehead atoms. The van der Waals surface area contributed by atoms with Crippen LogP contribution >= 0.6 is 11.8 Å². The fraction of sp³-hybridized carbons (Fsp3) is 0.600. The van der Waals surface area contributed by atoms with E-state index in [0.29, 0.717) is 0 Å². The van der Waals surface area contributed by atoms with E-state index in [1.165, 1.54) is 11.8 Å². The quantitative estimate of drug-likeness (QED) is 0.437. The lowest BCUT2D eigenvalue weighted by Gasteiger charge is -2.42. The van der Waals surface area contributed by atoms with Crippen molar-refractivity contribution in [1.29, 1.82) is 0 Å². The molecule has 1 aromatic carbocycles. The molecule has 0 saturated carbocycles. The number of benzene rings is 1. The average molecular weight is 355 g/mol. The lowest BCUT2D eigenvalue weighted by atomic mass is 9.98. The predicted molar refractivity (Wildman–Crippen MR) is 89.8 cm³/mol. The lowest BCUT2D eigenvalue weighted by Crippen LogP contribution is -2.57. The first-order valence-electron chi connectivity index (χ1n) is 7.40. The fourth-order valence-electron chi connectivity index (χ4n) is 2.54. The number of aliphatic hydroxyl groups excluding tert-OH is 2. The van der Waals surface area contributed by atoms with E-state index in [-0.39, 0.29) is 13.2 Å². The maximum absolute atomic E-state index is 10.4. The zero-order chi connectivity index (χ0) is 17.5. The van der Waals surface area contributed by atoms with Gasteiger partial charge in [0.05, 0.1) is 26.4 Å². The summed E-state index contributed by atoms with van der Waals surface area (Å²) in [6.45, 7) is -0.119. The Balaban J connectivity index is 2.13. The summed E-state index contributed by atoms with van der Waals surface area (Å²) in [6, 6.07) is 6.63. The van der Waals surface area contributed by atoms with Crippen LogP contribution in [0.15, 0.2) is 29.4 Å². The number of thioether (sulfide) groups is 1. The first kappa shape index (κ1) is 18.9. The van der Waals surface area contributed by atoms with Crippen LogP contribution in [0.25, 0.3) is 10.4 Å². The summed E-state index contributed by atoms with van der Waals surface area (Å²) in [5.74, 6) is 0.736. The molecule has 0 unspecified atom stereocenters. The number of azide groups is 1. The first-order valence-corrected chi connectivity index (χ1v) is 8.69. The van der Waals surface area contributed by atoms with E-state index in [0.717, 1.165) is 11.3 Å². The highest BCUT2D eigenvalue weighted by atomic mass is 32.2. The molecule has 5 atom stereocenters. The molecule has 1 aliphatic rings. The van der Waals surface area contributed by atoms with Gasteiger partial charge in [-0.3, -0.25) is 0 Å². The maximum Gasteiger partial charge on any atom is 0.118 e. The Morgan fingerprint density at radius 2 is 2.08 bits per heavy atom. The van der Waals surface area contributed by atoms with Gasteiger partial charge in [-0.1, -0.05) is 17.2 Å². The van der Waals surface area contributed by atoms with E-state index >= 15 is 0 Å². The van der Waals surface area contributed by atoms with Crippen molar-refractivity contribution in [2.75, 3.05) is 20.0 Å². The third-order valence-corrected chi connectivity index (χ3v) is 4.70. The molecule has 8 nitrogen and oxygen atoms in total. The predicted octanol–water partition coefficient (Wildman–Crippen LogP) is 1.70. The van der Waals surface area contributed by atoms with E-state index in [2.05, 4.69) is 10.0 Å². The smallest absolute Gasteiger partial charge is 0.118 e. The van der Waals surface area contributed by atoms with Crippen LogP contribution in [-0.2, 0) is 16.1 Å². The second kappa shape index (κ2) is 9.12. The van der Waals surface area contributed by atoms with Crippen LogP contribution in [0.1, 0.15) is 5.56 Å². The molecule has 0 spiro atoms. The molecule has 9 heteroatoms. The minimum atomic E-state index is -1.09. The van der Waals surface area contributed by atoms with Crippen LogP contribution in [0.2, 0.25) is 0 Å². The van der Waals surface area contributed by atoms with Crippen molar-refractivity contribution < 1.29 is 24.4 Å². The van der Waals surface area contributed by atoms with Gasteiger partial charge in [-0.2, -0.15) is 0 Å². The number of methoxy groups -OCH3 is 1. The summed E-state index contributed by atoms with van der Waals surface area (Å²) in [6.07, 6.45) is -0.844. The van der Waals surface area contributed by atoms with Gasteiger partial charge in [-0.05, 0) is 29.5 Å². The summed E-state index contributed by atoms with van der Waals surface area (Å²) in [7, 11) is 1.59. The third-order valence-electron chi connectivity index (χ3n) is 3.84. The highest BCUT2D eigenvalue weighted by Gasteiger charge is 2.45. The van der Waals surface area contributed by atoms with Gasteiger partial charge in [0, 0.05) is 4.91 Å². The summed E-state index contributed by atoms with van der Waals surface area (Å²) >= 11 is 1.34. The van der Waals surface area contributed by atoms with Gasteiger partial charge in [0.25, 0.3) is 0 Å². The molecule has 0 radical (unpaired) electrons. The van der Waals surface area contributed by atoms with Gasteiger partial charge >= 0.3 is 0 Å². The highest BCUT2D eigenvalue weighted by molar-refractivity contribution is 7.99. The summed E-state index contributed by atoms with van der Waals surface area (Å²) in [5, 5.41) is 23.5. The molecule has 0 amide bonds. The lowest BCUT2D eigenvalue weighted by molar-refractivity contribution is -0.185. The molecule has 2 N–H and O–H groups in total. The minimum Gasteiger partial charge on any atom is -0.497 e. The number of rotatable bonds is 7. The van der Waals surface area contributed by atoms with Gasteiger partial charge in [-0.15, -0.1) is 11.8 Å². The second-order valence-electron chi connectivity index (χ2n) is 5.27. The molecular weight excluding hydrogens is 334 g/mol.